The molecule has 0 saturated carbocycles. The lowest BCUT2D eigenvalue weighted by atomic mass is 9.90. The molecule has 0 aromatic heterocycles. The summed E-state index contributed by atoms with van der Waals surface area (Å²) in [5, 5.41) is 0. The van der Waals surface area contributed by atoms with E-state index < -0.39 is 16.9 Å². The molecule has 4 nitrogen and oxygen atoms in total. The number of benzene rings is 4. The number of hydrogen-bond acceptors (Lipinski definition) is 4. The molecule has 8 heteroatoms. The van der Waals surface area contributed by atoms with E-state index in [0.717, 1.165) is 0 Å². The normalized spacial score (nSPS) is 19.7. The molecule has 4 aromatic carbocycles. The van der Waals surface area contributed by atoms with Crippen molar-refractivity contribution in [1.29, 1.82) is 0 Å². The topological polar surface area (TPSA) is 13.0 Å². The SMILES string of the molecule is CC(C)c1cccc(C(C)C)c1N1C=C[C@@H]([C@@H]2C=CN(c3c(C(C)C)cccc3C(C)C)[Si@@H](Cl)N2c2c(C(C)C)cccc2C(C)C)N(c2c(C(C)C)cccc2C(C)C)[Si@@H]1Cl. The summed E-state index contributed by atoms with van der Waals surface area (Å²) < 4.78 is 10.5. The molecule has 0 amide bonds. The van der Waals surface area contributed by atoms with E-state index in [1.54, 1.807) is 0 Å². The van der Waals surface area contributed by atoms with Crippen molar-refractivity contribution >= 4 is 61.8 Å². The number of nitrogens with zero attached hydrogens (tertiary/aromatic N) is 4. The zero-order valence-electron chi connectivity index (χ0n) is 40.7. The monoisotopic (exact) mass is 906 g/mol. The molecule has 4 aromatic rings. The Labute approximate surface area is 389 Å². The molecule has 0 N–H and O–H groups in total. The third-order valence-corrected chi connectivity index (χ3v) is 19.6. The Kier molecular flexibility index (Phi) is 15.3. The zero-order valence-corrected chi connectivity index (χ0v) is 44.5. The Bertz CT molecular complexity index is 1980. The van der Waals surface area contributed by atoms with E-state index in [1.807, 2.05) is 0 Å². The van der Waals surface area contributed by atoms with Crippen LogP contribution in [0.2, 0.25) is 0 Å². The second-order valence-corrected chi connectivity index (χ2v) is 26.1. The molecule has 2 heterocycles. The molecule has 334 valence electrons. The van der Waals surface area contributed by atoms with Gasteiger partial charge in [-0.05, 0) is 116 Å². The Morgan fingerprint density at radius 2 is 0.532 bits per heavy atom. The van der Waals surface area contributed by atoms with E-state index in [2.05, 4.69) is 226 Å². The maximum atomic E-state index is 8.43. The first-order valence-corrected chi connectivity index (χ1v) is 29.1. The summed E-state index contributed by atoms with van der Waals surface area (Å²) in [6.07, 6.45) is 9.71. The van der Waals surface area contributed by atoms with Gasteiger partial charge in [0.2, 0.25) is 0 Å². The zero-order chi connectivity index (χ0) is 45.5. The van der Waals surface area contributed by atoms with E-state index in [0.29, 0.717) is 47.3 Å². The van der Waals surface area contributed by atoms with E-state index in [1.165, 1.54) is 67.3 Å². The van der Waals surface area contributed by atoms with Crippen LogP contribution in [0, 0.1) is 0 Å². The molecule has 0 saturated heterocycles. The molecule has 0 spiro atoms. The average molecular weight is 908 g/mol. The highest BCUT2D eigenvalue weighted by molar-refractivity contribution is 7.12. The number of anilines is 4. The van der Waals surface area contributed by atoms with Crippen LogP contribution in [-0.2, 0) is 0 Å². The Morgan fingerprint density at radius 3 is 0.726 bits per heavy atom. The van der Waals surface area contributed by atoms with Crippen LogP contribution in [0.25, 0.3) is 0 Å². The Morgan fingerprint density at radius 1 is 0.339 bits per heavy atom. The lowest BCUT2D eigenvalue weighted by Crippen LogP contribution is -2.66. The first-order valence-electron chi connectivity index (χ1n) is 23.6. The minimum Gasteiger partial charge on any atom is -0.362 e. The van der Waals surface area contributed by atoms with E-state index in [9.17, 15) is 0 Å². The van der Waals surface area contributed by atoms with Gasteiger partial charge in [0.05, 0.1) is 12.1 Å². The van der Waals surface area contributed by atoms with Gasteiger partial charge < -0.3 is 18.3 Å². The summed E-state index contributed by atoms with van der Waals surface area (Å²) in [6.45, 7) is 37.2. The number of rotatable bonds is 13. The maximum absolute atomic E-state index is 8.43. The van der Waals surface area contributed by atoms with Crippen LogP contribution < -0.4 is 18.3 Å². The van der Waals surface area contributed by atoms with Crippen molar-refractivity contribution in [1.82, 2.24) is 0 Å². The summed E-state index contributed by atoms with van der Waals surface area (Å²) >= 11 is 16.9. The van der Waals surface area contributed by atoms with Crippen molar-refractivity contribution in [2.24, 2.45) is 0 Å². The van der Waals surface area contributed by atoms with Crippen LogP contribution in [0.5, 0.6) is 0 Å². The molecule has 0 bridgehead atoms. The smallest absolute Gasteiger partial charge is 0.354 e. The lowest BCUT2D eigenvalue weighted by Gasteiger charge is -2.53. The maximum Gasteiger partial charge on any atom is 0.354 e. The van der Waals surface area contributed by atoms with Crippen molar-refractivity contribution in [3.8, 4) is 0 Å². The van der Waals surface area contributed by atoms with E-state index >= 15 is 0 Å². The quantitative estimate of drug-likeness (QED) is 0.0979. The van der Waals surface area contributed by atoms with Gasteiger partial charge in [0.25, 0.3) is 0 Å². The minimum atomic E-state index is -2.56. The van der Waals surface area contributed by atoms with Crippen molar-refractivity contribution in [2.45, 2.75) is 170 Å². The lowest BCUT2D eigenvalue weighted by molar-refractivity contribution is 0.664. The minimum absolute atomic E-state index is 0.0937. The molecule has 2 aliphatic heterocycles. The van der Waals surface area contributed by atoms with Gasteiger partial charge in [-0.15, -0.1) is 22.2 Å². The van der Waals surface area contributed by atoms with Crippen molar-refractivity contribution in [2.75, 3.05) is 18.3 Å². The van der Waals surface area contributed by atoms with Crippen molar-refractivity contribution < 1.29 is 0 Å². The second kappa shape index (κ2) is 19.8. The molecule has 6 rings (SSSR count). The van der Waals surface area contributed by atoms with Gasteiger partial charge in [-0.3, -0.25) is 0 Å². The largest absolute Gasteiger partial charge is 0.362 e. The van der Waals surface area contributed by atoms with E-state index in [-0.39, 0.29) is 12.1 Å². The summed E-state index contributed by atoms with van der Waals surface area (Å²) in [4.78, 5) is 0. The van der Waals surface area contributed by atoms with Crippen molar-refractivity contribution in [3.05, 3.63) is 142 Å². The van der Waals surface area contributed by atoms with Crippen LogP contribution in [0.3, 0.4) is 0 Å². The summed E-state index contributed by atoms with van der Waals surface area (Å²) in [6, 6.07) is 27.5. The molecule has 62 heavy (non-hydrogen) atoms. The molecular weight excluding hydrogens is 832 g/mol. The van der Waals surface area contributed by atoms with Crippen LogP contribution in [0.15, 0.2) is 97.3 Å². The van der Waals surface area contributed by atoms with E-state index in [4.69, 9.17) is 22.2 Å². The van der Waals surface area contributed by atoms with Crippen LogP contribution in [0.4, 0.5) is 22.7 Å². The average Bonchev–Trinajstić information content (AvgIpc) is 3.22. The fourth-order valence-corrected chi connectivity index (χ4v) is 16.4. The standard InChI is InChI=1S/C54H76Cl2N4Si2/c1-33(2)41-21-17-22-42(34(3)4)51(41)57-31-29-49(59(61(57)55)53-45(37(9)10)25-19-26-46(53)38(11)12)50-30-32-58(52-43(35(5)6)23-18-24-44(52)36(7)8)62(56)60(50)54-47(39(13)14)27-20-28-48(54)40(15)16/h17-40,49-50,61-62H,1-16H3/t49-,50-,61+,62+/m0/s1. The number of hydrogen-bond donors (Lipinski definition) is 0. The predicted octanol–water partition coefficient (Wildman–Crippen LogP) is 15.7. The second-order valence-electron chi connectivity index (χ2n) is 20.3. The van der Waals surface area contributed by atoms with Crippen LogP contribution in [0.1, 0.15) is 203 Å². The van der Waals surface area contributed by atoms with Crippen LogP contribution >= 0.6 is 22.2 Å². The van der Waals surface area contributed by atoms with Gasteiger partial charge in [-0.2, -0.15) is 0 Å². The number of halogens is 2. The predicted molar refractivity (Wildman–Crippen MR) is 280 cm³/mol. The van der Waals surface area contributed by atoms with Gasteiger partial charge in [-0.1, -0.05) is 184 Å². The molecule has 4 atom stereocenters. The van der Waals surface area contributed by atoms with Crippen molar-refractivity contribution in [3.63, 3.8) is 0 Å². The molecule has 0 unspecified atom stereocenters. The molecule has 2 aliphatic rings. The molecule has 0 radical (unpaired) electrons. The van der Waals surface area contributed by atoms with Gasteiger partial charge in [0, 0.05) is 22.7 Å². The summed E-state index contributed by atoms with van der Waals surface area (Å²) in [7, 11) is -5.12. The summed E-state index contributed by atoms with van der Waals surface area (Å²) in [5.74, 6) is 2.57. The first kappa shape index (κ1) is 48.0. The number of para-hydroxylation sites is 4. The van der Waals surface area contributed by atoms with Crippen LogP contribution in [-0.4, -0.2) is 28.9 Å². The first-order chi connectivity index (χ1) is 29.3. The Hall–Kier alpha value is -3.43. The Balaban J connectivity index is 1.73. The fraction of sp³-hybridized carbons (Fsp3) is 0.481. The molecule has 0 fully saturated rings. The fourth-order valence-electron chi connectivity index (χ4n) is 9.91. The van der Waals surface area contributed by atoms with Gasteiger partial charge in [0.1, 0.15) is 0 Å². The highest BCUT2D eigenvalue weighted by atomic mass is 35.6. The van der Waals surface area contributed by atoms with Gasteiger partial charge in [-0.25, -0.2) is 0 Å². The highest BCUT2D eigenvalue weighted by Crippen LogP contribution is 2.48. The highest BCUT2D eigenvalue weighted by Gasteiger charge is 2.47. The third-order valence-electron chi connectivity index (χ3n) is 13.2. The molecule has 0 aliphatic carbocycles. The van der Waals surface area contributed by atoms with Gasteiger partial charge in [0.15, 0.2) is 0 Å². The molecular formula is C54H76Cl2N4Si2. The summed E-state index contributed by atoms with van der Waals surface area (Å²) in [5.41, 5.74) is 15.9. The van der Waals surface area contributed by atoms with Gasteiger partial charge >= 0.3 is 16.9 Å². The third kappa shape index (κ3) is 9.10.